The number of nitrogens with zero attached hydrogens (tertiary/aromatic N) is 6. The molecule has 12 heteroatoms. The molecular weight excluding hydrogens is 856 g/mol. The Hall–Kier alpha value is -3.58. The first-order valence-electron chi connectivity index (χ1n) is 19.9. The van der Waals surface area contributed by atoms with Gasteiger partial charge in [0.25, 0.3) is 0 Å². The molecule has 0 aliphatic carbocycles. The molecule has 0 spiro atoms. The second kappa shape index (κ2) is 28.0. The first kappa shape index (κ1) is 52.4. The number of allylic oxidation sites excluding steroid dienone is 1. The van der Waals surface area contributed by atoms with E-state index in [-0.39, 0.29) is 37.9 Å². The molecule has 0 N–H and O–H groups in total. The van der Waals surface area contributed by atoms with Gasteiger partial charge in [-0.15, -0.1) is 11.4 Å². The molecule has 1 unspecified atom stereocenters. The van der Waals surface area contributed by atoms with Crippen molar-refractivity contribution in [2.45, 2.75) is 109 Å². The van der Waals surface area contributed by atoms with E-state index >= 15 is 0 Å². The van der Waals surface area contributed by atoms with Crippen molar-refractivity contribution in [2.75, 3.05) is 19.8 Å². The Morgan fingerprint density at radius 1 is 0.655 bits per heavy atom. The molecule has 2 heterocycles. The van der Waals surface area contributed by atoms with Crippen molar-refractivity contribution in [1.82, 2.24) is 0 Å². The minimum atomic E-state index is -1.65. The van der Waals surface area contributed by atoms with Crippen LogP contribution in [-0.2, 0) is 13.9 Å². The maximum absolute atomic E-state index is 8.48. The summed E-state index contributed by atoms with van der Waals surface area (Å²) in [5, 5.41) is 3.68. The molecule has 0 aromatic heterocycles. The minimum absolute atomic E-state index is 0. The van der Waals surface area contributed by atoms with E-state index in [1.165, 1.54) is 22.3 Å². The van der Waals surface area contributed by atoms with Gasteiger partial charge in [0.05, 0.1) is 38.1 Å². The van der Waals surface area contributed by atoms with E-state index in [0.717, 1.165) is 13.2 Å². The van der Waals surface area contributed by atoms with Crippen LogP contribution in [0.2, 0.25) is 39.3 Å². The second-order valence-electron chi connectivity index (χ2n) is 16.3. The van der Waals surface area contributed by atoms with Crippen molar-refractivity contribution in [3.63, 3.8) is 0 Å². The van der Waals surface area contributed by atoms with Gasteiger partial charge in [0, 0.05) is 22.7 Å². The third-order valence-electron chi connectivity index (χ3n) is 9.22. The number of hydrogen-bond acceptors (Lipinski definition) is 5. The van der Waals surface area contributed by atoms with E-state index in [0.29, 0.717) is 36.5 Å². The van der Waals surface area contributed by atoms with Gasteiger partial charge in [0.15, 0.2) is 8.32 Å². The first-order valence-corrected chi connectivity index (χ1v) is 26.8. The summed E-state index contributed by atoms with van der Waals surface area (Å²) in [6.45, 7) is 27.1. The summed E-state index contributed by atoms with van der Waals surface area (Å²) in [6, 6.07) is 41.6. The summed E-state index contributed by atoms with van der Waals surface area (Å²) in [7, 11) is -3.10. The Labute approximate surface area is 369 Å². The van der Waals surface area contributed by atoms with Crippen LogP contribution in [0.15, 0.2) is 144 Å². The van der Waals surface area contributed by atoms with Gasteiger partial charge >= 0.3 is 25.8 Å². The van der Waals surface area contributed by atoms with Gasteiger partial charge in [-0.05, 0) is 63.8 Å². The fourth-order valence-electron chi connectivity index (χ4n) is 5.50. The van der Waals surface area contributed by atoms with Crippen LogP contribution in [0.25, 0.3) is 20.9 Å². The van der Waals surface area contributed by atoms with E-state index in [1.807, 2.05) is 62.1 Å². The van der Waals surface area contributed by atoms with Crippen molar-refractivity contribution in [2.24, 2.45) is 9.89 Å². The number of azide groups is 2. The van der Waals surface area contributed by atoms with E-state index in [1.54, 1.807) is 0 Å². The SMILES string of the molecule is C=C[C@H](C)c1ccccc1.C[C@H](c1ccccc1)C1CO1.C[C@H](c1ccccc1)[C@H](CN=[N+]=[N-])O[Si](C)(C)C.C[C@H](c1ccccc1)[C@H]1CO1.C[Si](C)(C)N=[N+]=[N-].[InH3]. The van der Waals surface area contributed by atoms with Crippen molar-refractivity contribution < 1.29 is 13.9 Å². The molecule has 7 atom stereocenters. The topological polar surface area (TPSA) is 132 Å². The molecule has 2 aliphatic heterocycles. The van der Waals surface area contributed by atoms with E-state index in [2.05, 4.69) is 159 Å². The van der Waals surface area contributed by atoms with Crippen LogP contribution < -0.4 is 0 Å². The molecule has 2 fully saturated rings. The molecule has 0 radical (unpaired) electrons. The van der Waals surface area contributed by atoms with E-state index < -0.39 is 16.6 Å². The molecular formula is C46H69InN6O3Si2. The van der Waals surface area contributed by atoms with Crippen LogP contribution in [0.4, 0.5) is 0 Å². The Morgan fingerprint density at radius 2 is 1.02 bits per heavy atom. The second-order valence-corrected chi connectivity index (χ2v) is 25.3. The normalized spacial score (nSPS) is 17.3. The summed E-state index contributed by atoms with van der Waals surface area (Å²) < 4.78 is 20.2. The van der Waals surface area contributed by atoms with Gasteiger partial charge in [-0.3, -0.25) is 0 Å². The summed E-state index contributed by atoms with van der Waals surface area (Å²) in [5.74, 6) is 1.83. The van der Waals surface area contributed by atoms with Gasteiger partial charge in [-0.1, -0.05) is 180 Å². The van der Waals surface area contributed by atoms with Gasteiger partial charge in [0.1, 0.15) is 8.24 Å². The number of epoxide rings is 2. The quantitative estimate of drug-likeness (QED) is 0.0330. The Balaban J connectivity index is 0.000000373. The van der Waals surface area contributed by atoms with Gasteiger partial charge < -0.3 is 13.9 Å². The standard InChI is InChI=1S/C13H21N3OSi.2C10H12O.C10H12.C3H9N3Si.In.3H/c1-11(12-8-6-5-7-9-12)13(10-15-16-14)17-18(2,3)4;2*1-8(10-7-11-10)9-5-3-2-4-6-9;1-3-9(2)10-7-5-4-6-8-10;1-7(2,3)6-5-4;;;;/h5-9,11,13H,10H2,1-4H3;2*2-6,8,10H,7H2,1H3;3-9H,1H2,2H3;1-3H3;;;;/t11-,13+;8-,10?;8-,10-;9-;;;;;/m1110...../s1. The monoisotopic (exact) mass is 924 g/mol. The summed E-state index contributed by atoms with van der Waals surface area (Å²) in [6.07, 6.45) is 2.87. The molecule has 4 aromatic carbocycles. The molecule has 312 valence electrons. The molecule has 6 rings (SSSR count). The van der Waals surface area contributed by atoms with Crippen molar-refractivity contribution >= 4 is 42.4 Å². The average Bonchev–Trinajstić information content (AvgIpc) is 4.15. The predicted octanol–water partition coefficient (Wildman–Crippen LogP) is 12.6. The summed E-state index contributed by atoms with van der Waals surface area (Å²) in [4.78, 5) is 5.54. The average molecular weight is 925 g/mol. The van der Waals surface area contributed by atoms with Crippen LogP contribution in [0.1, 0.15) is 73.6 Å². The zero-order valence-corrected chi connectivity index (χ0v) is 37.9. The third kappa shape index (κ3) is 23.1. The van der Waals surface area contributed by atoms with Gasteiger partial charge in [-0.25, -0.2) is 0 Å². The Morgan fingerprint density at radius 3 is 1.29 bits per heavy atom. The van der Waals surface area contributed by atoms with Crippen LogP contribution in [0, 0.1) is 0 Å². The van der Waals surface area contributed by atoms with E-state index in [4.69, 9.17) is 25.0 Å². The number of rotatable bonds is 13. The molecule has 0 saturated carbocycles. The molecule has 0 amide bonds. The number of ether oxygens (including phenoxy) is 2. The van der Waals surface area contributed by atoms with Crippen molar-refractivity contribution in [3.8, 4) is 0 Å². The third-order valence-corrected chi connectivity index (χ3v) is 10.9. The Kier molecular flexibility index (Phi) is 25.3. The van der Waals surface area contributed by atoms with Crippen molar-refractivity contribution in [3.05, 3.63) is 177 Å². The van der Waals surface area contributed by atoms with Crippen LogP contribution in [-0.4, -0.2) is 80.5 Å². The maximum atomic E-state index is 8.48. The zero-order chi connectivity index (χ0) is 42.3. The number of hydrogen-bond donors (Lipinski definition) is 0. The Bertz CT molecular complexity index is 1720. The fraction of sp³-hybridized carbons (Fsp3) is 0.435. The fourth-order valence-corrected chi connectivity index (χ4v) is 6.95. The first-order chi connectivity index (χ1) is 27.1. The molecule has 9 nitrogen and oxygen atoms in total. The summed E-state index contributed by atoms with van der Waals surface area (Å²) in [5.41, 5.74) is 21.7. The molecule has 4 aromatic rings. The van der Waals surface area contributed by atoms with Crippen molar-refractivity contribution in [1.29, 1.82) is 0 Å². The van der Waals surface area contributed by atoms with Crippen LogP contribution in [0.5, 0.6) is 0 Å². The molecule has 2 saturated heterocycles. The predicted molar refractivity (Wildman–Crippen MR) is 254 cm³/mol. The van der Waals surface area contributed by atoms with Crippen LogP contribution >= 0.6 is 0 Å². The van der Waals surface area contributed by atoms with Gasteiger partial charge in [-0.2, -0.15) is 0 Å². The van der Waals surface area contributed by atoms with E-state index in [9.17, 15) is 0 Å². The molecule has 2 aliphatic rings. The molecule has 58 heavy (non-hydrogen) atoms. The summed E-state index contributed by atoms with van der Waals surface area (Å²) >= 11 is 0. The van der Waals surface area contributed by atoms with Crippen LogP contribution in [0.3, 0.4) is 0 Å². The zero-order valence-electron chi connectivity index (χ0n) is 35.9. The number of benzene rings is 4. The molecule has 0 bridgehead atoms. The van der Waals surface area contributed by atoms with Gasteiger partial charge in [0.2, 0.25) is 0 Å².